The lowest BCUT2D eigenvalue weighted by Gasteiger charge is -2.02. The molecule has 0 aromatic rings. The topological polar surface area (TPSA) is 52.6 Å². The minimum atomic E-state index is -0.214. The van der Waals surface area contributed by atoms with Crippen molar-refractivity contribution < 1.29 is 19.1 Å². The molecule has 0 aromatic carbocycles. The predicted molar refractivity (Wildman–Crippen MR) is 87.8 cm³/mol. The first-order valence-electron chi connectivity index (χ1n) is 7.64. The van der Waals surface area contributed by atoms with E-state index in [1.54, 1.807) is 24.3 Å². The predicted octanol–water partition coefficient (Wildman–Crippen LogP) is 4.59. The summed E-state index contributed by atoms with van der Waals surface area (Å²) in [5.74, 6) is -0.429. The zero-order valence-electron chi connectivity index (χ0n) is 13.2. The van der Waals surface area contributed by atoms with E-state index in [0.717, 1.165) is 38.5 Å². The zero-order valence-corrected chi connectivity index (χ0v) is 13.2. The van der Waals surface area contributed by atoms with Gasteiger partial charge in [-0.15, -0.1) is 0 Å². The molecular weight excluding hydrogens is 280 g/mol. The average Bonchev–Trinajstić information content (AvgIpc) is 2.50. The maximum Gasteiger partial charge on any atom is 0.310 e. The largest absolute Gasteiger partial charge is 0.434 e. The molecule has 0 radical (unpaired) electrons. The summed E-state index contributed by atoms with van der Waals surface area (Å²) < 4.78 is 9.68. The molecule has 4 nitrogen and oxygen atoms in total. The van der Waals surface area contributed by atoms with E-state index in [9.17, 15) is 9.59 Å². The number of hydrogen-bond donors (Lipinski definition) is 0. The van der Waals surface area contributed by atoms with Gasteiger partial charge in [0.25, 0.3) is 0 Å². The van der Waals surface area contributed by atoms with E-state index in [4.69, 9.17) is 9.47 Å². The molecule has 0 atom stereocenters. The van der Waals surface area contributed by atoms with Gasteiger partial charge >= 0.3 is 11.9 Å². The van der Waals surface area contributed by atoms with Gasteiger partial charge in [0.1, 0.15) is 0 Å². The van der Waals surface area contributed by atoms with Gasteiger partial charge in [0, 0.05) is 12.8 Å². The smallest absolute Gasteiger partial charge is 0.310 e. The Morgan fingerprint density at radius 2 is 1.05 bits per heavy atom. The van der Waals surface area contributed by atoms with Crippen LogP contribution in [-0.2, 0) is 19.1 Å². The summed E-state index contributed by atoms with van der Waals surface area (Å²) in [4.78, 5) is 22.5. The number of carbonyl (C=O) groups excluding carboxylic acids is 2. The van der Waals surface area contributed by atoms with Crippen LogP contribution in [0.5, 0.6) is 0 Å². The van der Waals surface area contributed by atoms with Crippen LogP contribution in [0.25, 0.3) is 0 Å². The third-order valence-electron chi connectivity index (χ3n) is 2.84. The highest BCUT2D eigenvalue weighted by Gasteiger charge is 2.02. The van der Waals surface area contributed by atoms with Gasteiger partial charge in [-0.2, -0.15) is 0 Å². The van der Waals surface area contributed by atoms with Gasteiger partial charge in [0.15, 0.2) is 0 Å². The molecule has 0 heterocycles. The van der Waals surface area contributed by atoms with Crippen LogP contribution in [-0.4, -0.2) is 11.9 Å². The molecule has 0 amide bonds. The van der Waals surface area contributed by atoms with Crippen LogP contribution in [0.3, 0.4) is 0 Å². The highest BCUT2D eigenvalue weighted by Crippen LogP contribution is 2.09. The molecule has 0 spiro atoms. The number of unbranched alkanes of at least 4 members (excludes halogenated alkanes) is 5. The average molecular weight is 306 g/mol. The van der Waals surface area contributed by atoms with Gasteiger partial charge in [-0.3, -0.25) is 9.59 Å². The summed E-state index contributed by atoms with van der Waals surface area (Å²) in [6.07, 6.45) is 15.6. The Bertz CT molecular complexity index is 356. The molecule has 0 aliphatic heterocycles. The fourth-order valence-corrected chi connectivity index (χ4v) is 1.71. The minimum absolute atomic E-state index is 0.214. The van der Waals surface area contributed by atoms with E-state index >= 15 is 0 Å². The summed E-state index contributed by atoms with van der Waals surface area (Å²) in [7, 11) is 0. The third kappa shape index (κ3) is 14.3. The fourth-order valence-electron chi connectivity index (χ4n) is 1.71. The summed E-state index contributed by atoms with van der Waals surface area (Å²) in [5, 5.41) is 0. The Kier molecular flexibility index (Phi) is 13.8. The molecule has 0 bridgehead atoms. The molecule has 0 saturated heterocycles. The van der Waals surface area contributed by atoms with Crippen molar-refractivity contribution in [2.24, 2.45) is 0 Å². The normalized spacial score (nSPS) is 10.7. The molecule has 0 aliphatic carbocycles. The van der Waals surface area contributed by atoms with Gasteiger partial charge in [-0.1, -0.05) is 51.0 Å². The molecule has 0 N–H and O–H groups in total. The van der Waals surface area contributed by atoms with Crippen LogP contribution in [0.4, 0.5) is 0 Å². The van der Waals surface area contributed by atoms with Crippen molar-refractivity contribution in [3.8, 4) is 0 Å². The monoisotopic (exact) mass is 306 g/mol. The van der Waals surface area contributed by atoms with Crippen LogP contribution in [0.2, 0.25) is 0 Å². The van der Waals surface area contributed by atoms with E-state index in [-0.39, 0.29) is 11.9 Å². The summed E-state index contributed by atoms with van der Waals surface area (Å²) >= 11 is 0. The highest BCUT2D eigenvalue weighted by molar-refractivity contribution is 5.70. The number of ether oxygens (including phenoxy) is 2. The Morgan fingerprint density at radius 3 is 1.41 bits per heavy atom. The number of allylic oxidation sites excluding steroid dienone is 4. The lowest BCUT2D eigenvalue weighted by Crippen LogP contribution is -1.99. The van der Waals surface area contributed by atoms with Crippen LogP contribution >= 0.6 is 0 Å². The second-order valence-electron chi connectivity index (χ2n) is 4.73. The second-order valence-corrected chi connectivity index (χ2v) is 4.73. The van der Waals surface area contributed by atoms with Gasteiger partial charge in [-0.25, -0.2) is 0 Å². The first-order valence-corrected chi connectivity index (χ1v) is 7.64. The molecule has 4 heteroatoms. The first-order chi connectivity index (χ1) is 10.7. The molecular formula is C18H26O4. The summed E-state index contributed by atoms with van der Waals surface area (Å²) in [6.45, 7) is 6.97. The van der Waals surface area contributed by atoms with Crippen molar-refractivity contribution >= 4 is 11.9 Å². The van der Waals surface area contributed by atoms with Gasteiger partial charge in [0.05, 0.1) is 12.5 Å². The van der Waals surface area contributed by atoms with E-state index < -0.39 is 0 Å². The number of carbonyl (C=O) groups is 2. The van der Waals surface area contributed by atoms with Crippen LogP contribution in [0.1, 0.15) is 51.4 Å². The standard InChI is InChI=1S/C18H26O4/c1-3-5-15-21-17(19)13-11-9-7-8-10-12-14-18(20)22-16-6-4-2/h3-6,15-16H,1-2,7-14H2. The Labute approximate surface area is 133 Å². The highest BCUT2D eigenvalue weighted by atomic mass is 16.5. The van der Waals surface area contributed by atoms with Crippen molar-refractivity contribution in [3.05, 3.63) is 50.0 Å². The first kappa shape index (κ1) is 19.9. The van der Waals surface area contributed by atoms with Gasteiger partial charge in [0.2, 0.25) is 0 Å². The molecule has 122 valence electrons. The number of rotatable bonds is 13. The van der Waals surface area contributed by atoms with Crippen LogP contribution in [0, 0.1) is 0 Å². The van der Waals surface area contributed by atoms with Crippen molar-refractivity contribution in [1.82, 2.24) is 0 Å². The molecule has 0 unspecified atom stereocenters. The Morgan fingerprint density at radius 1 is 0.682 bits per heavy atom. The van der Waals surface area contributed by atoms with Crippen molar-refractivity contribution in [3.63, 3.8) is 0 Å². The maximum absolute atomic E-state index is 11.3. The summed E-state index contributed by atoms with van der Waals surface area (Å²) in [6, 6.07) is 0. The van der Waals surface area contributed by atoms with Gasteiger partial charge < -0.3 is 9.47 Å². The fraction of sp³-hybridized carbons (Fsp3) is 0.444. The zero-order chi connectivity index (χ0) is 16.5. The van der Waals surface area contributed by atoms with E-state index in [0.29, 0.717) is 12.8 Å². The minimum Gasteiger partial charge on any atom is -0.434 e. The lowest BCUT2D eigenvalue weighted by molar-refractivity contribution is -0.139. The van der Waals surface area contributed by atoms with Crippen molar-refractivity contribution in [2.75, 3.05) is 0 Å². The number of esters is 2. The van der Waals surface area contributed by atoms with Crippen molar-refractivity contribution in [1.29, 1.82) is 0 Å². The number of hydrogen-bond acceptors (Lipinski definition) is 4. The lowest BCUT2D eigenvalue weighted by atomic mass is 10.1. The van der Waals surface area contributed by atoms with Crippen LogP contribution in [0.15, 0.2) is 50.0 Å². The second kappa shape index (κ2) is 15.3. The molecule has 0 rings (SSSR count). The van der Waals surface area contributed by atoms with Crippen LogP contribution < -0.4 is 0 Å². The Balaban J connectivity index is 3.36. The van der Waals surface area contributed by atoms with Gasteiger partial charge in [-0.05, 0) is 25.0 Å². The molecule has 0 saturated carbocycles. The Hall–Kier alpha value is -2.10. The SMILES string of the molecule is C=CC=COC(=O)CCCCCCCCC(=O)OC=CC=C. The van der Waals surface area contributed by atoms with E-state index in [2.05, 4.69) is 13.2 Å². The molecule has 0 aromatic heterocycles. The molecule has 0 fully saturated rings. The molecule has 0 aliphatic rings. The third-order valence-corrected chi connectivity index (χ3v) is 2.84. The van der Waals surface area contributed by atoms with E-state index in [1.165, 1.54) is 12.5 Å². The maximum atomic E-state index is 11.3. The van der Waals surface area contributed by atoms with E-state index in [1.807, 2.05) is 0 Å². The quantitative estimate of drug-likeness (QED) is 0.216. The molecule has 22 heavy (non-hydrogen) atoms. The van der Waals surface area contributed by atoms with Crippen molar-refractivity contribution in [2.45, 2.75) is 51.4 Å². The summed E-state index contributed by atoms with van der Waals surface area (Å²) in [5.41, 5.74) is 0.